The zero-order chi connectivity index (χ0) is 15.6. The number of hydrogen-bond acceptors (Lipinski definition) is 4. The molecule has 2 rings (SSSR count). The minimum Gasteiger partial charge on any atom is -0.393 e. The number of halogens is 2. The van der Waals surface area contributed by atoms with E-state index in [-0.39, 0.29) is 23.3 Å². The maximum atomic E-state index is 13.9. The third-order valence-electron chi connectivity index (χ3n) is 3.39. The number of aliphatic hydroxyl groups is 1. The van der Waals surface area contributed by atoms with Crippen molar-refractivity contribution in [3.8, 4) is 0 Å². The monoisotopic (exact) mass is 312 g/mol. The summed E-state index contributed by atoms with van der Waals surface area (Å²) in [6, 6.07) is 4.80. The van der Waals surface area contributed by atoms with Gasteiger partial charge in [-0.1, -0.05) is 42.7 Å². The minimum absolute atomic E-state index is 0.0697. The average molecular weight is 313 g/mol. The van der Waals surface area contributed by atoms with E-state index < -0.39 is 11.9 Å². The summed E-state index contributed by atoms with van der Waals surface area (Å²) in [6.07, 6.45) is -0.401. The third kappa shape index (κ3) is 3.60. The van der Waals surface area contributed by atoms with E-state index >= 15 is 0 Å². The fourth-order valence-corrected chi connectivity index (χ4v) is 2.57. The van der Waals surface area contributed by atoms with Gasteiger partial charge in [0.25, 0.3) is 0 Å². The van der Waals surface area contributed by atoms with Crippen LogP contribution in [0.3, 0.4) is 0 Å². The molecule has 1 aromatic heterocycles. The van der Waals surface area contributed by atoms with Crippen LogP contribution in [0.25, 0.3) is 0 Å². The van der Waals surface area contributed by atoms with E-state index in [0.29, 0.717) is 17.3 Å². The van der Waals surface area contributed by atoms with Gasteiger partial charge in [-0.3, -0.25) is 0 Å². The van der Waals surface area contributed by atoms with Crippen molar-refractivity contribution in [2.24, 2.45) is 5.92 Å². The van der Waals surface area contributed by atoms with Gasteiger partial charge >= 0.3 is 0 Å². The van der Waals surface area contributed by atoms with Crippen LogP contribution >= 0.6 is 11.6 Å². The third-order valence-corrected chi connectivity index (χ3v) is 3.68. The van der Waals surface area contributed by atoms with Crippen LogP contribution in [-0.4, -0.2) is 21.4 Å². The molecule has 114 valence electrons. The molecule has 0 aliphatic carbocycles. The van der Waals surface area contributed by atoms with Crippen LogP contribution in [0.2, 0.25) is 5.02 Å². The van der Waals surface area contributed by atoms with E-state index in [1.54, 1.807) is 19.1 Å². The van der Waals surface area contributed by atoms with E-state index in [1.807, 2.05) is 13.8 Å². The standard InChI is InChI=1S/C15H18ClFN2O2/c1-8(2)13(9(3)20)15-18-12(19-21-15)7-10-5-4-6-11(16)14(10)17/h4-6,8-9,13,20H,7H2,1-3H3. The van der Waals surface area contributed by atoms with Crippen molar-refractivity contribution in [3.05, 3.63) is 46.3 Å². The first-order valence-electron chi connectivity index (χ1n) is 6.83. The quantitative estimate of drug-likeness (QED) is 0.917. The molecule has 2 unspecified atom stereocenters. The molecular formula is C15H18ClFN2O2. The summed E-state index contributed by atoms with van der Waals surface area (Å²) >= 11 is 5.75. The normalized spacial score (nSPS) is 14.4. The number of benzene rings is 1. The van der Waals surface area contributed by atoms with Gasteiger partial charge in [-0.05, 0) is 24.5 Å². The fourth-order valence-electron chi connectivity index (χ4n) is 2.38. The Bertz CT molecular complexity index is 605. The minimum atomic E-state index is -0.596. The Balaban J connectivity index is 2.22. The average Bonchev–Trinajstić information content (AvgIpc) is 2.82. The number of nitrogens with zero attached hydrogens (tertiary/aromatic N) is 2. The zero-order valence-electron chi connectivity index (χ0n) is 12.2. The van der Waals surface area contributed by atoms with Gasteiger partial charge in [0.1, 0.15) is 5.82 Å². The molecule has 4 nitrogen and oxygen atoms in total. The Kier molecular flexibility index (Phi) is 4.96. The molecule has 0 amide bonds. The van der Waals surface area contributed by atoms with Gasteiger partial charge in [-0.25, -0.2) is 4.39 Å². The predicted octanol–water partition coefficient (Wildman–Crippen LogP) is 3.57. The van der Waals surface area contributed by atoms with E-state index in [2.05, 4.69) is 10.1 Å². The van der Waals surface area contributed by atoms with Crippen LogP contribution in [0.1, 0.15) is 44.0 Å². The maximum absolute atomic E-state index is 13.9. The summed E-state index contributed by atoms with van der Waals surface area (Å²) in [5, 5.41) is 13.7. The highest BCUT2D eigenvalue weighted by molar-refractivity contribution is 6.30. The first-order valence-corrected chi connectivity index (χ1v) is 7.21. The van der Waals surface area contributed by atoms with Gasteiger partial charge in [0.05, 0.1) is 17.0 Å². The number of hydrogen-bond donors (Lipinski definition) is 1. The van der Waals surface area contributed by atoms with Crippen LogP contribution in [-0.2, 0) is 6.42 Å². The second-order valence-electron chi connectivity index (χ2n) is 5.45. The molecule has 0 spiro atoms. The molecular weight excluding hydrogens is 295 g/mol. The SMILES string of the molecule is CC(C)C(c1nc(Cc2cccc(Cl)c2F)no1)C(C)O. The molecule has 0 fully saturated rings. The van der Waals surface area contributed by atoms with Crippen molar-refractivity contribution < 1.29 is 14.0 Å². The highest BCUT2D eigenvalue weighted by atomic mass is 35.5. The van der Waals surface area contributed by atoms with Crippen molar-refractivity contribution in [1.82, 2.24) is 10.1 Å². The first kappa shape index (κ1) is 15.9. The number of rotatable bonds is 5. The van der Waals surface area contributed by atoms with Gasteiger partial charge in [0.2, 0.25) is 5.89 Å². The van der Waals surface area contributed by atoms with Crippen molar-refractivity contribution in [2.45, 2.75) is 39.2 Å². The fraction of sp³-hybridized carbons (Fsp3) is 0.467. The summed E-state index contributed by atoms with van der Waals surface area (Å²) < 4.78 is 19.1. The molecule has 1 N–H and O–H groups in total. The molecule has 0 bridgehead atoms. The molecule has 0 radical (unpaired) electrons. The second-order valence-corrected chi connectivity index (χ2v) is 5.86. The van der Waals surface area contributed by atoms with Gasteiger partial charge in [0.15, 0.2) is 5.82 Å². The largest absolute Gasteiger partial charge is 0.393 e. The molecule has 1 heterocycles. The number of aliphatic hydroxyl groups excluding tert-OH is 1. The Morgan fingerprint density at radius 3 is 2.67 bits per heavy atom. The molecule has 21 heavy (non-hydrogen) atoms. The summed E-state index contributed by atoms with van der Waals surface area (Å²) in [6.45, 7) is 5.63. The van der Waals surface area contributed by atoms with E-state index in [1.165, 1.54) is 6.07 Å². The Morgan fingerprint density at radius 2 is 2.05 bits per heavy atom. The summed E-state index contributed by atoms with van der Waals surface area (Å²) in [5.41, 5.74) is 0.410. The van der Waals surface area contributed by atoms with E-state index in [9.17, 15) is 9.50 Å². The summed E-state index contributed by atoms with van der Waals surface area (Å²) in [4.78, 5) is 4.27. The first-order chi connectivity index (χ1) is 9.90. The molecule has 0 aliphatic heterocycles. The molecule has 0 saturated carbocycles. The Labute approximate surface area is 127 Å². The maximum Gasteiger partial charge on any atom is 0.232 e. The van der Waals surface area contributed by atoms with Gasteiger partial charge in [0, 0.05) is 6.42 Å². The molecule has 1 aromatic carbocycles. The van der Waals surface area contributed by atoms with Crippen molar-refractivity contribution >= 4 is 11.6 Å². The van der Waals surface area contributed by atoms with Crippen molar-refractivity contribution in [3.63, 3.8) is 0 Å². The van der Waals surface area contributed by atoms with Gasteiger partial charge in [-0.2, -0.15) is 4.98 Å². The molecule has 0 saturated heterocycles. The lowest BCUT2D eigenvalue weighted by molar-refractivity contribution is 0.120. The molecule has 2 atom stereocenters. The smallest absolute Gasteiger partial charge is 0.232 e. The summed E-state index contributed by atoms with van der Waals surface area (Å²) in [7, 11) is 0. The highest BCUT2D eigenvalue weighted by Gasteiger charge is 2.27. The molecule has 0 aliphatic rings. The van der Waals surface area contributed by atoms with Crippen molar-refractivity contribution in [2.75, 3.05) is 0 Å². The van der Waals surface area contributed by atoms with Crippen LogP contribution in [0, 0.1) is 11.7 Å². The molecule has 2 aromatic rings. The van der Waals surface area contributed by atoms with Crippen LogP contribution in [0.5, 0.6) is 0 Å². The second kappa shape index (κ2) is 6.54. The van der Waals surface area contributed by atoms with E-state index in [4.69, 9.17) is 16.1 Å². The Morgan fingerprint density at radius 1 is 1.33 bits per heavy atom. The number of aromatic nitrogens is 2. The van der Waals surface area contributed by atoms with Crippen molar-refractivity contribution in [1.29, 1.82) is 0 Å². The lowest BCUT2D eigenvalue weighted by Crippen LogP contribution is -2.20. The zero-order valence-corrected chi connectivity index (χ0v) is 12.9. The van der Waals surface area contributed by atoms with E-state index in [0.717, 1.165) is 0 Å². The van der Waals surface area contributed by atoms with Crippen LogP contribution in [0.4, 0.5) is 4.39 Å². The van der Waals surface area contributed by atoms with Gasteiger partial charge < -0.3 is 9.63 Å². The molecule has 6 heteroatoms. The topological polar surface area (TPSA) is 59.2 Å². The summed E-state index contributed by atoms with van der Waals surface area (Å²) in [5.74, 6) is 0.188. The van der Waals surface area contributed by atoms with Crippen LogP contribution in [0.15, 0.2) is 22.7 Å². The van der Waals surface area contributed by atoms with Gasteiger partial charge in [-0.15, -0.1) is 0 Å². The lowest BCUT2D eigenvalue weighted by atomic mass is 9.91. The Hall–Kier alpha value is -1.46. The van der Waals surface area contributed by atoms with Crippen LogP contribution < -0.4 is 0 Å². The lowest BCUT2D eigenvalue weighted by Gasteiger charge is -2.19. The predicted molar refractivity (Wildman–Crippen MR) is 77.8 cm³/mol. The highest BCUT2D eigenvalue weighted by Crippen LogP contribution is 2.27.